The fourth-order valence-corrected chi connectivity index (χ4v) is 1.98. The summed E-state index contributed by atoms with van der Waals surface area (Å²) in [6.45, 7) is 9.59. The third-order valence-corrected chi connectivity index (χ3v) is 3.03. The summed E-state index contributed by atoms with van der Waals surface area (Å²) in [5, 5.41) is 0. The van der Waals surface area contributed by atoms with E-state index in [1.807, 2.05) is 0 Å². The molecule has 0 bridgehead atoms. The fourth-order valence-electron chi connectivity index (χ4n) is 1.98. The van der Waals surface area contributed by atoms with Crippen molar-refractivity contribution in [1.82, 2.24) is 4.90 Å². The van der Waals surface area contributed by atoms with Crippen LogP contribution in [0.15, 0.2) is 0 Å². The van der Waals surface area contributed by atoms with Gasteiger partial charge in [0, 0.05) is 19.6 Å². The van der Waals surface area contributed by atoms with Crippen molar-refractivity contribution >= 4 is 0 Å². The van der Waals surface area contributed by atoms with Crippen molar-refractivity contribution in [3.63, 3.8) is 0 Å². The number of likely N-dealkylation sites (tertiary alicyclic amines) is 1. The van der Waals surface area contributed by atoms with E-state index in [0.29, 0.717) is 12.6 Å². The van der Waals surface area contributed by atoms with Gasteiger partial charge in [0.15, 0.2) is 0 Å². The molecule has 1 aliphatic rings. The summed E-state index contributed by atoms with van der Waals surface area (Å²) in [4.78, 5) is 2.56. The summed E-state index contributed by atoms with van der Waals surface area (Å²) in [5.41, 5.74) is 5.42. The Labute approximate surface area is 94.0 Å². The molecular weight excluding hydrogens is 188 g/mol. The zero-order chi connectivity index (χ0) is 11.1. The molecule has 0 amide bonds. The predicted octanol–water partition coefficient (Wildman–Crippen LogP) is 1.47. The molecule has 1 saturated heterocycles. The average Bonchev–Trinajstić information content (AvgIpc) is 2.25. The van der Waals surface area contributed by atoms with E-state index in [4.69, 9.17) is 10.5 Å². The van der Waals surface area contributed by atoms with Crippen LogP contribution in [0.4, 0.5) is 0 Å². The van der Waals surface area contributed by atoms with Crippen molar-refractivity contribution in [2.24, 2.45) is 11.7 Å². The highest BCUT2D eigenvalue weighted by atomic mass is 16.5. The Morgan fingerprint density at radius 3 is 2.53 bits per heavy atom. The van der Waals surface area contributed by atoms with Crippen LogP contribution in [0.3, 0.4) is 0 Å². The number of nitrogens with two attached hydrogens (primary N) is 1. The Bertz CT molecular complexity index is 154. The number of hydrogen-bond donors (Lipinski definition) is 1. The molecule has 1 aliphatic heterocycles. The fraction of sp³-hybridized carbons (Fsp3) is 1.00. The maximum atomic E-state index is 5.65. The minimum atomic E-state index is 0.462. The Kier molecular flexibility index (Phi) is 6.22. The van der Waals surface area contributed by atoms with Crippen LogP contribution < -0.4 is 5.73 Å². The highest BCUT2D eigenvalue weighted by Gasteiger charge is 2.18. The molecule has 90 valence electrons. The lowest BCUT2D eigenvalue weighted by Gasteiger charge is -2.32. The number of nitrogens with zero attached hydrogens (tertiary/aromatic N) is 1. The molecule has 1 rings (SSSR count). The van der Waals surface area contributed by atoms with Gasteiger partial charge >= 0.3 is 0 Å². The van der Waals surface area contributed by atoms with Gasteiger partial charge in [0.1, 0.15) is 0 Å². The van der Waals surface area contributed by atoms with E-state index < -0.39 is 0 Å². The summed E-state index contributed by atoms with van der Waals surface area (Å²) in [6, 6.07) is 0. The Morgan fingerprint density at radius 1 is 1.33 bits per heavy atom. The number of piperidine rings is 1. The molecule has 1 fully saturated rings. The van der Waals surface area contributed by atoms with Crippen molar-refractivity contribution < 1.29 is 4.74 Å². The standard InChI is InChI=1S/C12H26N2O/c1-11(2)3-7-14-8-4-12(5-9-14)15-10-6-13/h11-12H,3-10,13H2,1-2H3. The molecule has 2 N–H and O–H groups in total. The maximum Gasteiger partial charge on any atom is 0.0600 e. The Morgan fingerprint density at radius 2 is 2.00 bits per heavy atom. The molecule has 0 unspecified atom stereocenters. The van der Waals surface area contributed by atoms with Gasteiger partial charge in [-0.1, -0.05) is 13.8 Å². The molecule has 1 heterocycles. The molecule has 0 aromatic heterocycles. The molecule has 0 aliphatic carbocycles. The summed E-state index contributed by atoms with van der Waals surface area (Å²) < 4.78 is 5.65. The molecule has 0 spiro atoms. The monoisotopic (exact) mass is 214 g/mol. The van der Waals surface area contributed by atoms with Crippen molar-refractivity contribution in [3.8, 4) is 0 Å². The van der Waals surface area contributed by atoms with Crippen molar-refractivity contribution in [2.45, 2.75) is 39.2 Å². The molecular formula is C12H26N2O. The number of rotatable bonds is 6. The first-order chi connectivity index (χ1) is 7.22. The highest BCUT2D eigenvalue weighted by molar-refractivity contribution is 4.72. The van der Waals surface area contributed by atoms with E-state index in [0.717, 1.165) is 12.5 Å². The zero-order valence-corrected chi connectivity index (χ0v) is 10.2. The summed E-state index contributed by atoms with van der Waals surface area (Å²) >= 11 is 0. The molecule has 0 aromatic carbocycles. The van der Waals surface area contributed by atoms with Gasteiger partial charge in [0.05, 0.1) is 12.7 Å². The van der Waals surface area contributed by atoms with Crippen molar-refractivity contribution in [2.75, 3.05) is 32.8 Å². The van der Waals surface area contributed by atoms with Gasteiger partial charge in [-0.05, 0) is 31.7 Å². The lowest BCUT2D eigenvalue weighted by molar-refractivity contribution is 0.0108. The van der Waals surface area contributed by atoms with Crippen LogP contribution in [0, 0.1) is 5.92 Å². The van der Waals surface area contributed by atoms with E-state index in [1.54, 1.807) is 0 Å². The topological polar surface area (TPSA) is 38.5 Å². The Balaban J connectivity index is 2.07. The number of ether oxygens (including phenoxy) is 1. The lowest BCUT2D eigenvalue weighted by atomic mass is 10.1. The predicted molar refractivity (Wildman–Crippen MR) is 63.9 cm³/mol. The van der Waals surface area contributed by atoms with Crippen molar-refractivity contribution in [3.05, 3.63) is 0 Å². The molecule has 0 saturated carbocycles. The smallest absolute Gasteiger partial charge is 0.0600 e. The number of hydrogen-bond acceptors (Lipinski definition) is 3. The highest BCUT2D eigenvalue weighted by Crippen LogP contribution is 2.14. The van der Waals surface area contributed by atoms with Gasteiger partial charge in [0.2, 0.25) is 0 Å². The third-order valence-electron chi connectivity index (χ3n) is 3.03. The second kappa shape index (κ2) is 7.20. The quantitative estimate of drug-likeness (QED) is 0.728. The first kappa shape index (κ1) is 12.9. The minimum Gasteiger partial charge on any atom is -0.377 e. The van der Waals surface area contributed by atoms with E-state index in [2.05, 4.69) is 18.7 Å². The second-order valence-electron chi connectivity index (χ2n) is 4.88. The van der Waals surface area contributed by atoms with Crippen LogP contribution >= 0.6 is 0 Å². The first-order valence-electron chi connectivity index (χ1n) is 6.26. The van der Waals surface area contributed by atoms with Gasteiger partial charge in [-0.2, -0.15) is 0 Å². The normalized spacial score (nSPS) is 20.0. The largest absolute Gasteiger partial charge is 0.377 e. The molecule has 0 radical (unpaired) electrons. The minimum absolute atomic E-state index is 0.462. The van der Waals surface area contributed by atoms with Gasteiger partial charge in [0.25, 0.3) is 0 Å². The van der Waals surface area contributed by atoms with Crippen LogP contribution in [0.25, 0.3) is 0 Å². The van der Waals surface area contributed by atoms with E-state index in [-0.39, 0.29) is 0 Å². The van der Waals surface area contributed by atoms with Crippen LogP contribution in [0.2, 0.25) is 0 Å². The summed E-state index contributed by atoms with van der Waals surface area (Å²) in [6.07, 6.45) is 4.13. The maximum absolute atomic E-state index is 5.65. The van der Waals surface area contributed by atoms with Crippen LogP contribution in [0.1, 0.15) is 33.1 Å². The van der Waals surface area contributed by atoms with Gasteiger partial charge < -0.3 is 15.4 Å². The van der Waals surface area contributed by atoms with Gasteiger partial charge in [-0.3, -0.25) is 0 Å². The molecule has 3 nitrogen and oxygen atoms in total. The van der Waals surface area contributed by atoms with E-state index >= 15 is 0 Å². The first-order valence-corrected chi connectivity index (χ1v) is 6.26. The Hall–Kier alpha value is -0.120. The summed E-state index contributed by atoms with van der Waals surface area (Å²) in [7, 11) is 0. The zero-order valence-electron chi connectivity index (χ0n) is 10.2. The van der Waals surface area contributed by atoms with E-state index in [9.17, 15) is 0 Å². The van der Waals surface area contributed by atoms with Crippen LogP contribution in [-0.2, 0) is 4.74 Å². The van der Waals surface area contributed by atoms with Gasteiger partial charge in [-0.25, -0.2) is 0 Å². The molecule has 3 heteroatoms. The van der Waals surface area contributed by atoms with E-state index in [1.165, 1.54) is 38.9 Å². The molecule has 15 heavy (non-hydrogen) atoms. The van der Waals surface area contributed by atoms with Crippen LogP contribution in [0.5, 0.6) is 0 Å². The van der Waals surface area contributed by atoms with Crippen molar-refractivity contribution in [1.29, 1.82) is 0 Å². The SMILES string of the molecule is CC(C)CCN1CCC(OCCN)CC1. The van der Waals surface area contributed by atoms with Gasteiger partial charge in [-0.15, -0.1) is 0 Å². The lowest BCUT2D eigenvalue weighted by Crippen LogP contribution is -2.38. The average molecular weight is 214 g/mol. The second-order valence-corrected chi connectivity index (χ2v) is 4.88. The third kappa shape index (κ3) is 5.50. The molecule has 0 aromatic rings. The van der Waals surface area contributed by atoms with Crippen LogP contribution in [-0.4, -0.2) is 43.8 Å². The summed E-state index contributed by atoms with van der Waals surface area (Å²) in [5.74, 6) is 0.816. The molecule has 0 atom stereocenters.